The van der Waals surface area contributed by atoms with E-state index in [9.17, 15) is 9.59 Å². The van der Waals surface area contributed by atoms with Crippen molar-refractivity contribution >= 4 is 11.9 Å². The molecular weight excluding hydrogens is 278 g/mol. The maximum absolute atomic E-state index is 12.0. The maximum Gasteiger partial charge on any atom is 0.306 e. The number of hydrogen-bond donors (Lipinski definition) is 2. The third-order valence-corrected chi connectivity index (χ3v) is 4.52. The fourth-order valence-corrected chi connectivity index (χ4v) is 2.83. The Kier molecular flexibility index (Phi) is 5.22. The summed E-state index contributed by atoms with van der Waals surface area (Å²) in [7, 11) is 0. The lowest BCUT2D eigenvalue weighted by atomic mass is 9.80. The van der Waals surface area contributed by atoms with Crippen LogP contribution in [0.15, 0.2) is 24.3 Å². The summed E-state index contributed by atoms with van der Waals surface area (Å²) in [6, 6.07) is 8.47. The molecule has 4 heteroatoms. The van der Waals surface area contributed by atoms with Crippen molar-refractivity contribution in [1.82, 2.24) is 5.32 Å². The van der Waals surface area contributed by atoms with Gasteiger partial charge in [-0.1, -0.05) is 45.0 Å². The van der Waals surface area contributed by atoms with E-state index in [2.05, 4.69) is 43.4 Å². The number of carboxylic acid groups (broad SMARTS) is 1. The number of carboxylic acids is 1. The highest BCUT2D eigenvalue weighted by Gasteiger charge is 2.35. The van der Waals surface area contributed by atoms with Gasteiger partial charge < -0.3 is 10.4 Å². The van der Waals surface area contributed by atoms with Crippen molar-refractivity contribution in [2.45, 2.75) is 57.9 Å². The normalized spacial score (nSPS) is 22.0. The molecule has 22 heavy (non-hydrogen) atoms. The number of rotatable bonds is 6. The van der Waals surface area contributed by atoms with Crippen molar-refractivity contribution < 1.29 is 14.7 Å². The van der Waals surface area contributed by atoms with Gasteiger partial charge in [-0.2, -0.15) is 0 Å². The lowest BCUT2D eigenvalue weighted by Crippen LogP contribution is -2.46. The van der Waals surface area contributed by atoms with Crippen molar-refractivity contribution in [3.05, 3.63) is 35.4 Å². The molecular formula is C18H25NO3. The molecule has 120 valence electrons. The van der Waals surface area contributed by atoms with Crippen LogP contribution in [-0.4, -0.2) is 23.0 Å². The van der Waals surface area contributed by atoms with Gasteiger partial charge in [0.25, 0.3) is 0 Å². The zero-order valence-corrected chi connectivity index (χ0v) is 13.5. The standard InChI is InChI=1S/C18H25NO3/c1-11(2)13-4-6-14(7-5-13)12(3)8-17(20)19-16-9-15(10-16)18(21)22/h4-7,11-12,15-16H,8-10H2,1-3H3,(H,19,20)(H,21,22). The van der Waals surface area contributed by atoms with Crippen LogP contribution in [0, 0.1) is 5.92 Å². The maximum atomic E-state index is 12.0. The predicted octanol–water partition coefficient (Wildman–Crippen LogP) is 3.28. The summed E-state index contributed by atoms with van der Waals surface area (Å²) in [5.41, 5.74) is 2.46. The molecule has 0 spiro atoms. The molecule has 1 amide bonds. The van der Waals surface area contributed by atoms with Crippen molar-refractivity contribution in [3.63, 3.8) is 0 Å². The minimum Gasteiger partial charge on any atom is -0.481 e. The van der Waals surface area contributed by atoms with Crippen LogP contribution in [0.1, 0.15) is 63.0 Å². The molecule has 4 nitrogen and oxygen atoms in total. The molecule has 0 aromatic heterocycles. The quantitative estimate of drug-likeness (QED) is 0.847. The minimum absolute atomic E-state index is 0.00859. The molecule has 0 bridgehead atoms. The van der Waals surface area contributed by atoms with Crippen LogP contribution in [0.5, 0.6) is 0 Å². The van der Waals surface area contributed by atoms with Crippen LogP contribution in [0.25, 0.3) is 0 Å². The molecule has 1 atom stereocenters. The Morgan fingerprint density at radius 3 is 2.18 bits per heavy atom. The number of hydrogen-bond acceptors (Lipinski definition) is 2. The van der Waals surface area contributed by atoms with E-state index >= 15 is 0 Å². The van der Waals surface area contributed by atoms with E-state index < -0.39 is 5.97 Å². The molecule has 1 aromatic carbocycles. The molecule has 1 unspecified atom stereocenters. The van der Waals surface area contributed by atoms with Crippen LogP contribution in [0.4, 0.5) is 0 Å². The minimum atomic E-state index is -0.760. The number of benzene rings is 1. The van der Waals surface area contributed by atoms with Crippen LogP contribution in [-0.2, 0) is 9.59 Å². The SMILES string of the molecule is CC(C)c1ccc(C(C)CC(=O)NC2CC(C(=O)O)C2)cc1. The van der Waals surface area contributed by atoms with Gasteiger partial charge in [0.05, 0.1) is 5.92 Å². The Morgan fingerprint density at radius 2 is 1.68 bits per heavy atom. The van der Waals surface area contributed by atoms with E-state index in [1.807, 2.05) is 6.92 Å². The Balaban J connectivity index is 1.80. The topological polar surface area (TPSA) is 66.4 Å². The first-order valence-corrected chi connectivity index (χ1v) is 7.98. The van der Waals surface area contributed by atoms with Gasteiger partial charge in [0.15, 0.2) is 0 Å². The summed E-state index contributed by atoms with van der Waals surface area (Å²) in [6.07, 6.45) is 1.55. The van der Waals surface area contributed by atoms with Crippen molar-refractivity contribution in [3.8, 4) is 0 Å². The third-order valence-electron chi connectivity index (χ3n) is 4.52. The summed E-state index contributed by atoms with van der Waals surface area (Å²) >= 11 is 0. The second kappa shape index (κ2) is 6.95. The van der Waals surface area contributed by atoms with Gasteiger partial charge in [0, 0.05) is 12.5 Å². The Morgan fingerprint density at radius 1 is 1.14 bits per heavy atom. The van der Waals surface area contributed by atoms with E-state index in [0.29, 0.717) is 25.2 Å². The average molecular weight is 303 g/mol. The van der Waals surface area contributed by atoms with Gasteiger partial charge in [-0.05, 0) is 35.8 Å². The zero-order valence-electron chi connectivity index (χ0n) is 13.5. The number of carbonyl (C=O) groups is 2. The van der Waals surface area contributed by atoms with E-state index in [1.54, 1.807) is 0 Å². The van der Waals surface area contributed by atoms with Crippen LogP contribution < -0.4 is 5.32 Å². The monoisotopic (exact) mass is 303 g/mol. The molecule has 1 fully saturated rings. The molecule has 1 aromatic rings. The van der Waals surface area contributed by atoms with Crippen LogP contribution >= 0.6 is 0 Å². The van der Waals surface area contributed by atoms with E-state index in [4.69, 9.17) is 5.11 Å². The van der Waals surface area contributed by atoms with Gasteiger partial charge in [0.1, 0.15) is 0 Å². The van der Waals surface area contributed by atoms with Gasteiger partial charge in [-0.15, -0.1) is 0 Å². The van der Waals surface area contributed by atoms with E-state index in [0.717, 1.165) is 5.56 Å². The first kappa shape index (κ1) is 16.5. The fourth-order valence-electron chi connectivity index (χ4n) is 2.83. The van der Waals surface area contributed by atoms with E-state index in [-0.39, 0.29) is 23.8 Å². The van der Waals surface area contributed by atoms with Crippen molar-refractivity contribution in [2.24, 2.45) is 5.92 Å². The fraction of sp³-hybridized carbons (Fsp3) is 0.556. The first-order chi connectivity index (χ1) is 10.4. The second-order valence-electron chi connectivity index (χ2n) is 6.70. The molecule has 0 saturated heterocycles. The van der Waals surface area contributed by atoms with Crippen LogP contribution in [0.3, 0.4) is 0 Å². The Hall–Kier alpha value is -1.84. The van der Waals surface area contributed by atoms with Gasteiger partial charge in [0.2, 0.25) is 5.91 Å². The smallest absolute Gasteiger partial charge is 0.306 e. The Labute approximate surface area is 131 Å². The summed E-state index contributed by atoms with van der Waals surface area (Å²) < 4.78 is 0. The lowest BCUT2D eigenvalue weighted by molar-refractivity contribution is -0.146. The zero-order chi connectivity index (χ0) is 16.3. The average Bonchev–Trinajstić information content (AvgIpc) is 2.42. The predicted molar refractivity (Wildman–Crippen MR) is 85.9 cm³/mol. The summed E-state index contributed by atoms with van der Waals surface area (Å²) in [5, 5.41) is 11.8. The van der Waals surface area contributed by atoms with Crippen molar-refractivity contribution in [1.29, 1.82) is 0 Å². The van der Waals surface area contributed by atoms with Gasteiger partial charge >= 0.3 is 5.97 Å². The second-order valence-corrected chi connectivity index (χ2v) is 6.70. The number of nitrogens with one attached hydrogen (secondary N) is 1. The first-order valence-electron chi connectivity index (χ1n) is 7.98. The molecule has 0 aliphatic heterocycles. The number of carbonyl (C=O) groups excluding carboxylic acids is 1. The highest BCUT2D eigenvalue weighted by Crippen LogP contribution is 2.28. The lowest BCUT2D eigenvalue weighted by Gasteiger charge is -2.33. The largest absolute Gasteiger partial charge is 0.481 e. The molecule has 1 aliphatic rings. The summed E-state index contributed by atoms with van der Waals surface area (Å²) in [5.74, 6) is -0.366. The molecule has 1 saturated carbocycles. The summed E-state index contributed by atoms with van der Waals surface area (Å²) in [6.45, 7) is 6.37. The van der Waals surface area contributed by atoms with Crippen LogP contribution in [0.2, 0.25) is 0 Å². The number of amides is 1. The van der Waals surface area contributed by atoms with Crippen molar-refractivity contribution in [2.75, 3.05) is 0 Å². The molecule has 0 radical (unpaired) electrons. The Bertz CT molecular complexity index is 530. The summed E-state index contributed by atoms with van der Waals surface area (Å²) in [4.78, 5) is 22.8. The van der Waals surface area contributed by atoms with E-state index in [1.165, 1.54) is 5.56 Å². The van der Waals surface area contributed by atoms with Gasteiger partial charge in [-0.25, -0.2) is 0 Å². The molecule has 2 rings (SSSR count). The molecule has 0 heterocycles. The highest BCUT2D eigenvalue weighted by atomic mass is 16.4. The highest BCUT2D eigenvalue weighted by molar-refractivity contribution is 5.78. The number of aliphatic carboxylic acids is 1. The van der Waals surface area contributed by atoms with Gasteiger partial charge in [-0.3, -0.25) is 9.59 Å². The molecule has 2 N–H and O–H groups in total. The third kappa shape index (κ3) is 4.09. The molecule has 1 aliphatic carbocycles.